The van der Waals surface area contributed by atoms with E-state index in [0.717, 1.165) is 6.42 Å². The summed E-state index contributed by atoms with van der Waals surface area (Å²) in [5.41, 5.74) is -0.0949. The molecule has 0 aliphatic heterocycles. The molecule has 0 saturated carbocycles. The molecule has 0 aliphatic carbocycles. The van der Waals surface area contributed by atoms with Crippen LogP contribution in [0.2, 0.25) is 0 Å². The fourth-order valence-electron chi connectivity index (χ4n) is 1.76. The molecule has 0 aromatic heterocycles. The number of hydrogen-bond acceptors (Lipinski definition) is 3. The van der Waals surface area contributed by atoms with E-state index in [1.54, 1.807) is 19.1 Å². The summed E-state index contributed by atoms with van der Waals surface area (Å²) in [5, 5.41) is 11.5. The number of nitrogens with one attached hydrogen (secondary N) is 1. The number of rotatable bonds is 9. The SMILES string of the molecule is COCC(C)N(C)C(=O)NCCC(C)(C)CCC(=O)O. The molecule has 0 fully saturated rings. The Morgan fingerprint density at radius 2 is 1.95 bits per heavy atom. The minimum atomic E-state index is -0.782. The molecule has 0 aromatic carbocycles. The van der Waals surface area contributed by atoms with E-state index in [1.807, 2.05) is 20.8 Å². The zero-order valence-corrected chi connectivity index (χ0v) is 13.2. The van der Waals surface area contributed by atoms with E-state index in [1.165, 1.54) is 0 Å². The number of carboxylic acid groups (broad SMARTS) is 1. The van der Waals surface area contributed by atoms with Gasteiger partial charge < -0.3 is 20.1 Å². The summed E-state index contributed by atoms with van der Waals surface area (Å²) in [6, 6.07) is -0.122. The van der Waals surface area contributed by atoms with Gasteiger partial charge in [0, 0.05) is 27.1 Å². The van der Waals surface area contributed by atoms with Crippen LogP contribution in [0.4, 0.5) is 4.79 Å². The molecule has 6 nitrogen and oxygen atoms in total. The molecule has 2 amide bonds. The highest BCUT2D eigenvalue weighted by molar-refractivity contribution is 5.74. The molecule has 6 heteroatoms. The van der Waals surface area contributed by atoms with Crippen molar-refractivity contribution in [2.75, 3.05) is 27.3 Å². The van der Waals surface area contributed by atoms with Crippen molar-refractivity contribution in [2.24, 2.45) is 5.41 Å². The smallest absolute Gasteiger partial charge is 0.317 e. The Morgan fingerprint density at radius 1 is 1.35 bits per heavy atom. The lowest BCUT2D eigenvalue weighted by atomic mass is 9.84. The number of ether oxygens (including phenoxy) is 1. The van der Waals surface area contributed by atoms with Crippen LogP contribution in [0.5, 0.6) is 0 Å². The third-order valence-corrected chi connectivity index (χ3v) is 3.48. The Kier molecular flexibility index (Phi) is 8.22. The molecule has 118 valence electrons. The van der Waals surface area contributed by atoms with Crippen molar-refractivity contribution in [1.82, 2.24) is 10.2 Å². The van der Waals surface area contributed by atoms with Crippen molar-refractivity contribution >= 4 is 12.0 Å². The second-order valence-electron chi connectivity index (χ2n) is 5.96. The van der Waals surface area contributed by atoms with E-state index < -0.39 is 5.97 Å². The van der Waals surface area contributed by atoms with Gasteiger partial charge in [-0.2, -0.15) is 0 Å². The van der Waals surface area contributed by atoms with Gasteiger partial charge in [0.25, 0.3) is 0 Å². The van der Waals surface area contributed by atoms with Gasteiger partial charge in [-0.05, 0) is 25.2 Å². The van der Waals surface area contributed by atoms with Gasteiger partial charge in [-0.3, -0.25) is 4.79 Å². The Balaban J connectivity index is 4.03. The second kappa shape index (κ2) is 8.79. The number of amides is 2. The monoisotopic (exact) mass is 288 g/mol. The zero-order chi connectivity index (χ0) is 15.8. The van der Waals surface area contributed by atoms with E-state index in [9.17, 15) is 9.59 Å². The number of likely N-dealkylation sites (N-methyl/N-ethyl adjacent to an activating group) is 1. The maximum Gasteiger partial charge on any atom is 0.317 e. The molecule has 1 unspecified atom stereocenters. The van der Waals surface area contributed by atoms with Gasteiger partial charge in [0.2, 0.25) is 0 Å². The van der Waals surface area contributed by atoms with Crippen molar-refractivity contribution in [3.05, 3.63) is 0 Å². The number of methoxy groups -OCH3 is 1. The third kappa shape index (κ3) is 7.99. The number of nitrogens with zero attached hydrogens (tertiary/aromatic N) is 1. The summed E-state index contributed by atoms with van der Waals surface area (Å²) in [7, 11) is 3.34. The first kappa shape index (κ1) is 18.7. The molecule has 0 heterocycles. The fourth-order valence-corrected chi connectivity index (χ4v) is 1.76. The number of aliphatic carboxylic acids is 1. The van der Waals surface area contributed by atoms with Gasteiger partial charge in [-0.15, -0.1) is 0 Å². The highest BCUT2D eigenvalue weighted by Gasteiger charge is 2.20. The average Bonchev–Trinajstić information content (AvgIpc) is 2.35. The van der Waals surface area contributed by atoms with E-state index in [-0.39, 0.29) is 23.9 Å². The molecule has 0 radical (unpaired) electrons. The number of carbonyl (C=O) groups excluding carboxylic acids is 1. The minimum Gasteiger partial charge on any atom is -0.481 e. The van der Waals surface area contributed by atoms with Gasteiger partial charge in [-0.1, -0.05) is 13.8 Å². The van der Waals surface area contributed by atoms with Crippen LogP contribution >= 0.6 is 0 Å². The fraction of sp³-hybridized carbons (Fsp3) is 0.857. The molecule has 20 heavy (non-hydrogen) atoms. The first-order valence-corrected chi connectivity index (χ1v) is 6.91. The van der Waals surface area contributed by atoms with E-state index >= 15 is 0 Å². The predicted octanol–water partition coefficient (Wildman–Crippen LogP) is 1.94. The third-order valence-electron chi connectivity index (χ3n) is 3.48. The molecule has 0 spiro atoms. The van der Waals surface area contributed by atoms with Crippen LogP contribution in [-0.2, 0) is 9.53 Å². The molecular weight excluding hydrogens is 260 g/mol. The van der Waals surface area contributed by atoms with Crippen molar-refractivity contribution in [1.29, 1.82) is 0 Å². The number of urea groups is 1. The molecule has 0 bridgehead atoms. The summed E-state index contributed by atoms with van der Waals surface area (Å²) in [6.07, 6.45) is 1.51. The largest absolute Gasteiger partial charge is 0.481 e. The van der Waals surface area contributed by atoms with Crippen LogP contribution in [0.15, 0.2) is 0 Å². The number of hydrogen-bond donors (Lipinski definition) is 2. The van der Waals surface area contributed by atoms with Gasteiger partial charge in [0.1, 0.15) is 0 Å². The summed E-state index contributed by atoms with van der Waals surface area (Å²) in [4.78, 5) is 24.0. The van der Waals surface area contributed by atoms with Crippen LogP contribution in [0, 0.1) is 5.41 Å². The first-order chi connectivity index (χ1) is 9.19. The zero-order valence-electron chi connectivity index (χ0n) is 13.2. The molecular formula is C14H28N2O4. The molecule has 0 saturated heterocycles. The minimum absolute atomic E-state index is 0.0139. The van der Waals surface area contributed by atoms with Crippen molar-refractivity contribution in [2.45, 2.75) is 46.1 Å². The molecule has 1 atom stereocenters. The molecule has 0 aromatic rings. The van der Waals surface area contributed by atoms with Crippen molar-refractivity contribution < 1.29 is 19.4 Å². The Morgan fingerprint density at radius 3 is 2.45 bits per heavy atom. The maximum absolute atomic E-state index is 11.9. The van der Waals surface area contributed by atoms with Crippen LogP contribution in [0.1, 0.15) is 40.0 Å². The maximum atomic E-state index is 11.9. The van der Waals surface area contributed by atoms with Gasteiger partial charge in [0.05, 0.1) is 12.6 Å². The summed E-state index contributed by atoms with van der Waals surface area (Å²) in [6.45, 7) is 6.97. The topological polar surface area (TPSA) is 78.9 Å². The standard InChI is InChI=1S/C14H28N2O4/c1-11(10-20-5)16(4)13(19)15-9-8-14(2,3)7-6-12(17)18/h11H,6-10H2,1-5H3,(H,15,19)(H,17,18). The lowest BCUT2D eigenvalue weighted by Gasteiger charge is -2.27. The lowest BCUT2D eigenvalue weighted by molar-refractivity contribution is -0.137. The van der Waals surface area contributed by atoms with E-state index in [4.69, 9.17) is 9.84 Å². The Hall–Kier alpha value is -1.30. The van der Waals surface area contributed by atoms with Crippen LogP contribution in [0.25, 0.3) is 0 Å². The molecule has 0 rings (SSSR count). The summed E-state index contributed by atoms with van der Waals surface area (Å²) in [5.74, 6) is -0.782. The average molecular weight is 288 g/mol. The highest BCUT2D eigenvalue weighted by Crippen LogP contribution is 2.25. The normalized spacial score (nSPS) is 12.8. The Bertz CT molecular complexity index is 318. The second-order valence-corrected chi connectivity index (χ2v) is 5.96. The lowest BCUT2D eigenvalue weighted by Crippen LogP contribution is -2.44. The van der Waals surface area contributed by atoms with Crippen molar-refractivity contribution in [3.63, 3.8) is 0 Å². The summed E-state index contributed by atoms with van der Waals surface area (Å²) >= 11 is 0. The van der Waals surface area contributed by atoms with Gasteiger partial charge in [-0.25, -0.2) is 4.79 Å². The highest BCUT2D eigenvalue weighted by atomic mass is 16.5. The summed E-state index contributed by atoms with van der Waals surface area (Å²) < 4.78 is 5.01. The van der Waals surface area contributed by atoms with Crippen molar-refractivity contribution in [3.8, 4) is 0 Å². The van der Waals surface area contributed by atoms with E-state index in [2.05, 4.69) is 5.32 Å². The van der Waals surface area contributed by atoms with Crippen LogP contribution in [-0.4, -0.2) is 55.4 Å². The quantitative estimate of drug-likeness (QED) is 0.679. The van der Waals surface area contributed by atoms with E-state index in [0.29, 0.717) is 19.6 Å². The van der Waals surface area contributed by atoms with Gasteiger partial charge in [0.15, 0.2) is 0 Å². The molecule has 2 N–H and O–H groups in total. The number of carbonyl (C=O) groups is 2. The van der Waals surface area contributed by atoms with Gasteiger partial charge >= 0.3 is 12.0 Å². The van der Waals surface area contributed by atoms with Crippen LogP contribution in [0.3, 0.4) is 0 Å². The Labute approximate surface area is 121 Å². The predicted molar refractivity (Wildman–Crippen MR) is 77.8 cm³/mol. The molecule has 0 aliphatic rings. The first-order valence-electron chi connectivity index (χ1n) is 6.91. The number of carboxylic acids is 1. The van der Waals surface area contributed by atoms with Crippen LogP contribution < -0.4 is 5.32 Å².